The van der Waals surface area contributed by atoms with Crippen LogP contribution in [0.4, 0.5) is 0 Å². The summed E-state index contributed by atoms with van der Waals surface area (Å²) in [5.41, 5.74) is 1.49. The van der Waals surface area contributed by atoms with E-state index < -0.39 is 0 Å². The van der Waals surface area contributed by atoms with Crippen molar-refractivity contribution in [3.63, 3.8) is 0 Å². The van der Waals surface area contributed by atoms with Crippen LogP contribution in [0.25, 0.3) is 10.8 Å². The summed E-state index contributed by atoms with van der Waals surface area (Å²) >= 11 is 0. The maximum atomic E-state index is 2.42. The Balaban J connectivity index is 1.39. The van der Waals surface area contributed by atoms with Gasteiger partial charge in [-0.2, -0.15) is 0 Å². The predicted octanol–water partition coefficient (Wildman–Crippen LogP) is 9.42. The molecule has 0 spiro atoms. The van der Waals surface area contributed by atoms with Gasteiger partial charge in [-0.25, -0.2) is 0 Å². The minimum Gasteiger partial charge on any atom is -0.0885 e. The molecule has 0 heteroatoms. The lowest BCUT2D eigenvalue weighted by Gasteiger charge is -2.04. The lowest BCUT2D eigenvalue weighted by Crippen LogP contribution is -1.86. The van der Waals surface area contributed by atoms with Gasteiger partial charge in [0.15, 0.2) is 0 Å². The van der Waals surface area contributed by atoms with E-state index in [1.165, 1.54) is 113 Å². The molecular formula is C28H42. The molecule has 2 rings (SSSR count). The molecule has 0 nitrogen and oxygen atoms in total. The van der Waals surface area contributed by atoms with Gasteiger partial charge in [0.05, 0.1) is 0 Å². The van der Waals surface area contributed by atoms with Crippen molar-refractivity contribution < 1.29 is 0 Å². The minimum atomic E-state index is 1.23. The molecule has 0 N–H and O–H groups in total. The average molecular weight is 379 g/mol. The number of rotatable bonds is 16. The zero-order chi connectivity index (χ0) is 19.7. The first-order valence-electron chi connectivity index (χ1n) is 12.0. The van der Waals surface area contributed by atoms with Gasteiger partial charge >= 0.3 is 0 Å². The lowest BCUT2D eigenvalue weighted by atomic mass is 10.0. The number of hydrogen-bond acceptors (Lipinski definition) is 0. The Labute approximate surface area is 174 Å². The van der Waals surface area contributed by atoms with Crippen molar-refractivity contribution in [2.75, 3.05) is 0 Å². The maximum Gasteiger partial charge on any atom is -0.0181 e. The normalized spacial score (nSPS) is 11.6. The summed E-state index contributed by atoms with van der Waals surface area (Å²) in [6.07, 6.45) is 25.4. The van der Waals surface area contributed by atoms with Gasteiger partial charge in [0.25, 0.3) is 0 Å². The number of unbranched alkanes of at least 4 members (excludes halogenated alkanes) is 12. The van der Waals surface area contributed by atoms with Crippen molar-refractivity contribution >= 4 is 10.8 Å². The molecule has 2 aromatic carbocycles. The molecule has 0 aliphatic rings. The number of aryl methyl sites for hydroxylation is 1. The Morgan fingerprint density at radius 2 is 1.14 bits per heavy atom. The highest BCUT2D eigenvalue weighted by atomic mass is 14.0. The van der Waals surface area contributed by atoms with E-state index in [4.69, 9.17) is 0 Å². The highest BCUT2D eigenvalue weighted by molar-refractivity contribution is 5.82. The van der Waals surface area contributed by atoms with Gasteiger partial charge in [0.1, 0.15) is 0 Å². The molecule has 0 saturated carbocycles. The van der Waals surface area contributed by atoms with Gasteiger partial charge < -0.3 is 0 Å². The van der Waals surface area contributed by atoms with Crippen LogP contribution in [0.5, 0.6) is 0 Å². The van der Waals surface area contributed by atoms with Gasteiger partial charge in [0, 0.05) is 0 Å². The Bertz CT molecular complexity index is 652. The third-order valence-electron chi connectivity index (χ3n) is 5.79. The summed E-state index contributed by atoms with van der Waals surface area (Å²) in [5.74, 6) is 0. The van der Waals surface area contributed by atoms with E-state index in [0.717, 1.165) is 0 Å². The lowest BCUT2D eigenvalue weighted by molar-refractivity contribution is 0.591. The van der Waals surface area contributed by atoms with Crippen molar-refractivity contribution in [1.29, 1.82) is 0 Å². The first-order chi connectivity index (χ1) is 13.9. The third-order valence-corrected chi connectivity index (χ3v) is 5.79. The zero-order valence-electron chi connectivity index (χ0n) is 18.3. The number of benzene rings is 2. The largest absolute Gasteiger partial charge is 0.0885 e. The van der Waals surface area contributed by atoms with Crippen molar-refractivity contribution in [3.05, 3.63) is 60.2 Å². The van der Waals surface area contributed by atoms with Crippen LogP contribution in [0, 0.1) is 0 Å². The van der Waals surface area contributed by atoms with E-state index in [1.54, 1.807) is 0 Å². The van der Waals surface area contributed by atoms with E-state index >= 15 is 0 Å². The van der Waals surface area contributed by atoms with E-state index in [1.807, 2.05) is 0 Å². The summed E-state index contributed by atoms with van der Waals surface area (Å²) in [6.45, 7) is 2.29. The smallest absolute Gasteiger partial charge is 0.0181 e. The molecule has 28 heavy (non-hydrogen) atoms. The fourth-order valence-electron chi connectivity index (χ4n) is 3.97. The van der Waals surface area contributed by atoms with Crippen LogP contribution in [0.15, 0.2) is 54.6 Å². The third kappa shape index (κ3) is 10.1. The second-order valence-corrected chi connectivity index (χ2v) is 8.37. The van der Waals surface area contributed by atoms with E-state index in [2.05, 4.69) is 61.5 Å². The molecule has 0 heterocycles. The van der Waals surface area contributed by atoms with Crippen LogP contribution in [0.3, 0.4) is 0 Å². The molecule has 2 aromatic rings. The topological polar surface area (TPSA) is 0 Å². The quantitative estimate of drug-likeness (QED) is 0.201. The maximum absolute atomic E-state index is 2.42. The van der Waals surface area contributed by atoms with Gasteiger partial charge in [-0.05, 0) is 54.9 Å². The van der Waals surface area contributed by atoms with Gasteiger partial charge in [0.2, 0.25) is 0 Å². The van der Waals surface area contributed by atoms with Crippen molar-refractivity contribution in [2.24, 2.45) is 0 Å². The molecule has 0 aliphatic heterocycles. The SMILES string of the molecule is CCCCCCCCC/C=C/CCCCCCCc1ccc2ccccc2c1. The highest BCUT2D eigenvalue weighted by Crippen LogP contribution is 2.18. The van der Waals surface area contributed by atoms with Crippen LogP contribution in [-0.2, 0) is 6.42 Å². The van der Waals surface area contributed by atoms with Crippen LogP contribution >= 0.6 is 0 Å². The molecule has 0 bridgehead atoms. The molecule has 0 aliphatic carbocycles. The second kappa shape index (κ2) is 15.4. The first kappa shape index (κ1) is 22.7. The van der Waals surface area contributed by atoms with Crippen LogP contribution in [0.1, 0.15) is 102 Å². The van der Waals surface area contributed by atoms with Crippen LogP contribution < -0.4 is 0 Å². The van der Waals surface area contributed by atoms with Crippen LogP contribution in [-0.4, -0.2) is 0 Å². The zero-order valence-corrected chi connectivity index (χ0v) is 18.3. The van der Waals surface area contributed by atoms with Gasteiger partial charge in [-0.3, -0.25) is 0 Å². The number of allylic oxidation sites excluding steroid dienone is 2. The summed E-state index contributed by atoms with van der Waals surface area (Å²) < 4.78 is 0. The van der Waals surface area contributed by atoms with Crippen LogP contribution in [0.2, 0.25) is 0 Å². The Morgan fingerprint density at radius 3 is 1.82 bits per heavy atom. The van der Waals surface area contributed by atoms with Crippen molar-refractivity contribution in [2.45, 2.75) is 103 Å². The molecule has 0 amide bonds. The second-order valence-electron chi connectivity index (χ2n) is 8.37. The Morgan fingerprint density at radius 1 is 0.571 bits per heavy atom. The monoisotopic (exact) mass is 378 g/mol. The molecule has 0 fully saturated rings. The molecule has 0 saturated heterocycles. The van der Waals surface area contributed by atoms with E-state index in [9.17, 15) is 0 Å². The number of fused-ring (bicyclic) bond motifs is 1. The minimum absolute atomic E-state index is 1.23. The van der Waals surface area contributed by atoms with Crippen molar-refractivity contribution in [3.8, 4) is 0 Å². The Hall–Kier alpha value is -1.56. The molecule has 0 radical (unpaired) electrons. The average Bonchev–Trinajstić information content (AvgIpc) is 2.73. The van der Waals surface area contributed by atoms with Gasteiger partial charge in [-0.15, -0.1) is 0 Å². The summed E-state index contributed by atoms with van der Waals surface area (Å²) in [5, 5.41) is 2.73. The van der Waals surface area contributed by atoms with E-state index in [-0.39, 0.29) is 0 Å². The fourth-order valence-corrected chi connectivity index (χ4v) is 3.97. The standard InChI is InChI=1S/C28H42/c1-2-3-4-5-6-7-8-9-10-11-12-13-14-15-16-17-20-26-23-24-27-21-18-19-22-28(27)25-26/h10-11,18-19,21-25H,2-9,12-17,20H2,1H3/b11-10+. The van der Waals surface area contributed by atoms with Gasteiger partial charge in [-0.1, -0.05) is 119 Å². The molecule has 0 atom stereocenters. The molecule has 154 valence electrons. The molecule has 0 aromatic heterocycles. The summed E-state index contributed by atoms with van der Waals surface area (Å²) in [7, 11) is 0. The van der Waals surface area contributed by atoms with Crippen molar-refractivity contribution in [1.82, 2.24) is 0 Å². The fraction of sp³-hybridized carbons (Fsp3) is 0.571. The summed E-state index contributed by atoms with van der Waals surface area (Å²) in [4.78, 5) is 0. The predicted molar refractivity (Wildman–Crippen MR) is 127 cm³/mol. The Kier molecular flexibility index (Phi) is 12.5. The molecular weight excluding hydrogens is 336 g/mol. The summed E-state index contributed by atoms with van der Waals surface area (Å²) in [6, 6.07) is 15.6. The highest BCUT2D eigenvalue weighted by Gasteiger charge is 1.97. The molecule has 0 unspecified atom stereocenters. The first-order valence-corrected chi connectivity index (χ1v) is 12.0. The van der Waals surface area contributed by atoms with E-state index in [0.29, 0.717) is 0 Å². The number of hydrogen-bond donors (Lipinski definition) is 0.